The number of aliphatic imine (C=N–C) groups is 1. The largest absolute Gasteiger partial charge is 0.490 e. The minimum absolute atomic E-state index is 0. The highest BCUT2D eigenvalue weighted by molar-refractivity contribution is 14.0. The molecule has 2 heterocycles. The van der Waals surface area contributed by atoms with Gasteiger partial charge in [-0.2, -0.15) is 0 Å². The zero-order valence-corrected chi connectivity index (χ0v) is 21.7. The minimum Gasteiger partial charge on any atom is -0.490 e. The molecule has 0 saturated carbocycles. The molecule has 0 atom stereocenters. The van der Waals surface area contributed by atoms with Crippen molar-refractivity contribution in [3.63, 3.8) is 0 Å². The maximum atomic E-state index is 6.07. The number of nitrogens with zero attached hydrogens (tertiary/aromatic N) is 2. The van der Waals surface area contributed by atoms with E-state index in [1.54, 1.807) is 0 Å². The van der Waals surface area contributed by atoms with Crippen LogP contribution in [0.1, 0.15) is 37.7 Å². The molecule has 180 valence electrons. The van der Waals surface area contributed by atoms with Crippen LogP contribution in [0.15, 0.2) is 53.5 Å². The van der Waals surface area contributed by atoms with Gasteiger partial charge in [0.05, 0.1) is 13.2 Å². The number of halogens is 1. The van der Waals surface area contributed by atoms with Crippen LogP contribution in [0.25, 0.3) is 0 Å². The van der Waals surface area contributed by atoms with E-state index >= 15 is 0 Å². The number of unbranched alkanes of at least 4 members (excludes halogenated alkanes) is 1. The van der Waals surface area contributed by atoms with Crippen LogP contribution in [0.4, 0.5) is 5.69 Å². The number of hydrogen-bond acceptors (Lipinski definition) is 4. The molecule has 6 nitrogen and oxygen atoms in total. The molecule has 0 amide bonds. The molecular formula is C26H37IN4O2. The first-order valence-corrected chi connectivity index (χ1v) is 12.0. The lowest BCUT2D eigenvalue weighted by Gasteiger charge is -2.32. The van der Waals surface area contributed by atoms with Gasteiger partial charge in [-0.1, -0.05) is 30.3 Å². The first-order valence-electron chi connectivity index (χ1n) is 12.0. The van der Waals surface area contributed by atoms with Crippen molar-refractivity contribution in [3.05, 3.63) is 54.1 Å². The van der Waals surface area contributed by atoms with Crippen LogP contribution in [0.5, 0.6) is 11.5 Å². The van der Waals surface area contributed by atoms with E-state index in [0.717, 1.165) is 55.5 Å². The maximum absolute atomic E-state index is 6.07. The summed E-state index contributed by atoms with van der Waals surface area (Å²) in [6.07, 6.45) is 6.93. The molecule has 3 N–H and O–H groups in total. The number of anilines is 1. The van der Waals surface area contributed by atoms with Gasteiger partial charge >= 0.3 is 0 Å². The Kier molecular flexibility index (Phi) is 10.6. The fraction of sp³-hybridized carbons (Fsp3) is 0.500. The second-order valence-electron chi connectivity index (χ2n) is 8.79. The molecule has 0 bridgehead atoms. The third kappa shape index (κ3) is 8.37. The van der Waals surface area contributed by atoms with Gasteiger partial charge in [0, 0.05) is 24.7 Å². The average Bonchev–Trinajstić information content (AvgIpc) is 3.06. The lowest BCUT2D eigenvalue weighted by atomic mass is 9.90. The Morgan fingerprint density at radius 3 is 2.55 bits per heavy atom. The van der Waals surface area contributed by atoms with Gasteiger partial charge in [-0.15, -0.1) is 24.0 Å². The van der Waals surface area contributed by atoms with Crippen LogP contribution in [0.3, 0.4) is 0 Å². The summed E-state index contributed by atoms with van der Waals surface area (Å²) in [5.41, 5.74) is 8.42. The molecule has 2 aromatic rings. The Balaban J connectivity index is 0.00000306. The van der Waals surface area contributed by atoms with Crippen molar-refractivity contribution in [2.75, 3.05) is 44.7 Å². The van der Waals surface area contributed by atoms with E-state index in [9.17, 15) is 0 Å². The van der Waals surface area contributed by atoms with Crippen LogP contribution >= 0.6 is 24.0 Å². The van der Waals surface area contributed by atoms with E-state index < -0.39 is 0 Å². The predicted molar refractivity (Wildman–Crippen MR) is 146 cm³/mol. The molecule has 4 rings (SSSR count). The summed E-state index contributed by atoms with van der Waals surface area (Å²) in [4.78, 5) is 7.09. The number of nitrogens with two attached hydrogens (primary N) is 1. The minimum atomic E-state index is 0. The van der Waals surface area contributed by atoms with Crippen molar-refractivity contribution >= 4 is 35.6 Å². The predicted octanol–water partition coefficient (Wildman–Crippen LogP) is 4.93. The number of fused-ring (bicyclic) bond motifs is 1. The van der Waals surface area contributed by atoms with E-state index in [2.05, 4.69) is 45.5 Å². The van der Waals surface area contributed by atoms with Gasteiger partial charge in [0.25, 0.3) is 0 Å². The summed E-state index contributed by atoms with van der Waals surface area (Å²) in [5.74, 6) is 2.82. The highest BCUT2D eigenvalue weighted by Crippen LogP contribution is 2.32. The Labute approximate surface area is 215 Å². The van der Waals surface area contributed by atoms with Gasteiger partial charge in [-0.05, 0) is 75.4 Å². The van der Waals surface area contributed by atoms with Crippen molar-refractivity contribution in [2.45, 2.75) is 38.5 Å². The molecule has 7 heteroatoms. The number of nitrogens with one attached hydrogen (secondary N) is 1. The Morgan fingerprint density at radius 2 is 1.76 bits per heavy atom. The lowest BCUT2D eigenvalue weighted by molar-refractivity contribution is 0.181. The third-order valence-electron chi connectivity index (χ3n) is 6.26. The fourth-order valence-electron chi connectivity index (χ4n) is 4.44. The Hall–Kier alpha value is -2.00. The van der Waals surface area contributed by atoms with E-state index in [1.165, 1.54) is 37.9 Å². The topological polar surface area (TPSA) is 72.1 Å². The number of guanidine groups is 1. The van der Waals surface area contributed by atoms with E-state index in [1.807, 2.05) is 18.2 Å². The van der Waals surface area contributed by atoms with Crippen molar-refractivity contribution in [2.24, 2.45) is 16.6 Å². The molecule has 0 aromatic heterocycles. The number of benzene rings is 2. The van der Waals surface area contributed by atoms with Gasteiger partial charge in [-0.25, -0.2) is 0 Å². The van der Waals surface area contributed by atoms with Crippen LogP contribution in [0.2, 0.25) is 0 Å². The van der Waals surface area contributed by atoms with Crippen molar-refractivity contribution in [1.29, 1.82) is 0 Å². The van der Waals surface area contributed by atoms with Gasteiger partial charge in [-0.3, -0.25) is 4.99 Å². The molecule has 0 unspecified atom stereocenters. The smallest absolute Gasteiger partial charge is 0.193 e. The summed E-state index contributed by atoms with van der Waals surface area (Å²) in [6.45, 7) is 5.69. The molecule has 0 spiro atoms. The Morgan fingerprint density at radius 1 is 1.00 bits per heavy atom. The van der Waals surface area contributed by atoms with E-state index in [-0.39, 0.29) is 24.0 Å². The third-order valence-corrected chi connectivity index (χ3v) is 6.26. The number of piperidine rings is 1. The van der Waals surface area contributed by atoms with Crippen LogP contribution < -0.4 is 20.5 Å². The van der Waals surface area contributed by atoms with Gasteiger partial charge < -0.3 is 25.4 Å². The standard InChI is InChI=1S/C26H36N4O2.HI/c27-26(29-23-9-10-24-25(20-23)32-18-6-17-31-24)28-13-4-5-14-30-15-11-22(12-16-30)19-21-7-2-1-3-8-21;/h1-3,7-10,20,22H,4-6,11-19H2,(H3,27,28,29);1H. The second kappa shape index (κ2) is 13.6. The summed E-state index contributed by atoms with van der Waals surface area (Å²) < 4.78 is 11.4. The summed E-state index contributed by atoms with van der Waals surface area (Å²) in [7, 11) is 0. The summed E-state index contributed by atoms with van der Waals surface area (Å²) >= 11 is 0. The SMILES string of the molecule is I.NC(=NCCCCN1CCC(Cc2ccccc2)CC1)Nc1ccc2c(c1)OCCCO2. The first kappa shape index (κ1) is 25.6. The van der Waals surface area contributed by atoms with Crippen LogP contribution in [-0.4, -0.2) is 50.3 Å². The monoisotopic (exact) mass is 564 g/mol. The first-order chi connectivity index (χ1) is 15.8. The number of hydrogen-bond donors (Lipinski definition) is 2. The molecule has 2 aliphatic rings. The lowest BCUT2D eigenvalue weighted by Crippen LogP contribution is -2.35. The molecule has 2 aliphatic heterocycles. The molecular weight excluding hydrogens is 527 g/mol. The fourth-order valence-corrected chi connectivity index (χ4v) is 4.44. The van der Waals surface area contributed by atoms with Gasteiger partial charge in [0.1, 0.15) is 0 Å². The molecule has 1 fully saturated rings. The molecule has 1 saturated heterocycles. The number of likely N-dealkylation sites (tertiary alicyclic amines) is 1. The molecule has 0 aliphatic carbocycles. The Bertz CT molecular complexity index is 870. The molecule has 0 radical (unpaired) electrons. The zero-order valence-electron chi connectivity index (χ0n) is 19.4. The maximum Gasteiger partial charge on any atom is 0.193 e. The highest BCUT2D eigenvalue weighted by atomic mass is 127. The van der Waals surface area contributed by atoms with Gasteiger partial charge in [0.15, 0.2) is 17.5 Å². The summed E-state index contributed by atoms with van der Waals surface area (Å²) in [6, 6.07) is 16.7. The normalized spacial score (nSPS) is 17.2. The number of rotatable bonds is 8. The summed E-state index contributed by atoms with van der Waals surface area (Å²) in [5, 5.41) is 3.16. The van der Waals surface area contributed by atoms with E-state index in [4.69, 9.17) is 15.2 Å². The van der Waals surface area contributed by atoms with Crippen molar-refractivity contribution < 1.29 is 9.47 Å². The van der Waals surface area contributed by atoms with Crippen molar-refractivity contribution in [1.82, 2.24) is 4.90 Å². The number of ether oxygens (including phenoxy) is 2. The second-order valence-corrected chi connectivity index (χ2v) is 8.79. The molecule has 33 heavy (non-hydrogen) atoms. The van der Waals surface area contributed by atoms with Gasteiger partial charge in [0.2, 0.25) is 0 Å². The molecule has 2 aromatic carbocycles. The van der Waals surface area contributed by atoms with E-state index in [0.29, 0.717) is 19.2 Å². The van der Waals surface area contributed by atoms with Crippen molar-refractivity contribution in [3.8, 4) is 11.5 Å². The quantitative estimate of drug-likeness (QED) is 0.206. The average molecular weight is 565 g/mol. The zero-order chi connectivity index (χ0) is 22.0. The van der Waals surface area contributed by atoms with Crippen LogP contribution in [-0.2, 0) is 6.42 Å². The highest BCUT2D eigenvalue weighted by Gasteiger charge is 2.19. The van der Waals surface area contributed by atoms with Crippen LogP contribution in [0, 0.1) is 5.92 Å².